The molecular weight excluding hydrogens is 392 g/mol. The fraction of sp³-hybridized carbons (Fsp3) is 0.333. The monoisotopic (exact) mass is 418 g/mol. The largest absolute Gasteiger partial charge is 0.469 e. The van der Waals surface area contributed by atoms with E-state index in [9.17, 15) is 9.59 Å². The summed E-state index contributed by atoms with van der Waals surface area (Å²) >= 11 is 0. The van der Waals surface area contributed by atoms with Gasteiger partial charge in [0.05, 0.1) is 11.8 Å². The number of rotatable bonds is 4. The molecule has 7 nitrogen and oxygen atoms in total. The average molecular weight is 418 g/mol. The Morgan fingerprint density at radius 1 is 1.10 bits per heavy atom. The number of benzene rings is 1. The van der Waals surface area contributed by atoms with E-state index in [1.54, 1.807) is 25.3 Å². The molecule has 1 fully saturated rings. The first kappa shape index (κ1) is 20.8. The summed E-state index contributed by atoms with van der Waals surface area (Å²) in [6, 6.07) is 9.03. The highest BCUT2D eigenvalue weighted by atomic mass is 16.3. The van der Waals surface area contributed by atoms with Crippen LogP contribution in [0.1, 0.15) is 62.3 Å². The first-order valence-electron chi connectivity index (χ1n) is 10.5. The SMILES string of the molecule is Cc1nccc(C2CCN(C(=O)c3ccc(C)c(NC(=O)c4ccoc4C)c3)CC2)n1. The number of likely N-dealkylation sites (tertiary alicyclic amines) is 1. The molecule has 4 rings (SSSR count). The molecule has 1 aliphatic rings. The number of aromatic nitrogens is 2. The third-order valence-corrected chi connectivity index (χ3v) is 5.83. The molecule has 2 aromatic heterocycles. The molecule has 1 aromatic carbocycles. The standard InChI is InChI=1S/C24H26N4O3/c1-15-4-5-19(14-22(15)27-23(29)20-9-13-31-16(20)2)24(30)28-11-7-18(8-12-28)21-6-10-25-17(3)26-21/h4-6,9-10,13-14,18H,7-8,11-12H2,1-3H3,(H,27,29). The van der Waals surface area contributed by atoms with Crippen molar-refractivity contribution in [1.29, 1.82) is 0 Å². The zero-order valence-corrected chi connectivity index (χ0v) is 18.0. The van der Waals surface area contributed by atoms with Crippen LogP contribution in [-0.4, -0.2) is 39.8 Å². The zero-order valence-electron chi connectivity index (χ0n) is 18.0. The summed E-state index contributed by atoms with van der Waals surface area (Å²) in [6.07, 6.45) is 5.03. The maximum absolute atomic E-state index is 13.1. The van der Waals surface area contributed by atoms with Crippen LogP contribution in [0.2, 0.25) is 0 Å². The Kier molecular flexibility index (Phi) is 5.84. The number of furan rings is 1. The van der Waals surface area contributed by atoms with E-state index in [0.29, 0.717) is 41.6 Å². The van der Waals surface area contributed by atoms with Gasteiger partial charge < -0.3 is 14.6 Å². The van der Waals surface area contributed by atoms with Gasteiger partial charge in [-0.25, -0.2) is 9.97 Å². The summed E-state index contributed by atoms with van der Waals surface area (Å²) in [5, 5.41) is 2.90. The molecule has 3 heterocycles. The van der Waals surface area contributed by atoms with Crippen LogP contribution in [-0.2, 0) is 0 Å². The van der Waals surface area contributed by atoms with Crippen LogP contribution in [0, 0.1) is 20.8 Å². The molecule has 0 radical (unpaired) electrons. The second-order valence-electron chi connectivity index (χ2n) is 7.97. The van der Waals surface area contributed by atoms with E-state index in [2.05, 4.69) is 15.3 Å². The van der Waals surface area contributed by atoms with Crippen molar-refractivity contribution in [2.75, 3.05) is 18.4 Å². The minimum atomic E-state index is -0.250. The molecular formula is C24H26N4O3. The second-order valence-corrected chi connectivity index (χ2v) is 7.97. The zero-order chi connectivity index (χ0) is 22.0. The van der Waals surface area contributed by atoms with E-state index in [0.717, 1.165) is 29.9 Å². The fourth-order valence-electron chi connectivity index (χ4n) is 3.96. The van der Waals surface area contributed by atoms with Crippen molar-refractivity contribution in [2.24, 2.45) is 0 Å². The molecule has 31 heavy (non-hydrogen) atoms. The first-order chi connectivity index (χ1) is 14.9. The Morgan fingerprint density at radius 2 is 1.87 bits per heavy atom. The van der Waals surface area contributed by atoms with Crippen LogP contribution >= 0.6 is 0 Å². The highest BCUT2D eigenvalue weighted by Crippen LogP contribution is 2.28. The summed E-state index contributed by atoms with van der Waals surface area (Å²) in [5.41, 5.74) is 3.63. The van der Waals surface area contributed by atoms with Crippen molar-refractivity contribution in [3.63, 3.8) is 0 Å². The molecule has 7 heteroatoms. The number of hydrogen-bond acceptors (Lipinski definition) is 5. The first-order valence-corrected chi connectivity index (χ1v) is 10.5. The summed E-state index contributed by atoms with van der Waals surface area (Å²) in [6.45, 7) is 6.89. The van der Waals surface area contributed by atoms with Crippen molar-refractivity contribution in [1.82, 2.24) is 14.9 Å². The molecule has 1 saturated heterocycles. The average Bonchev–Trinajstić information content (AvgIpc) is 3.21. The van der Waals surface area contributed by atoms with Crippen LogP contribution in [0.15, 0.2) is 47.2 Å². The molecule has 0 saturated carbocycles. The molecule has 160 valence electrons. The summed E-state index contributed by atoms with van der Waals surface area (Å²) < 4.78 is 5.21. The predicted molar refractivity (Wildman–Crippen MR) is 117 cm³/mol. The van der Waals surface area contributed by atoms with Crippen molar-refractivity contribution < 1.29 is 14.0 Å². The fourth-order valence-corrected chi connectivity index (χ4v) is 3.96. The van der Waals surface area contributed by atoms with Gasteiger partial charge in [-0.1, -0.05) is 6.07 Å². The van der Waals surface area contributed by atoms with E-state index in [1.807, 2.05) is 36.9 Å². The summed E-state index contributed by atoms with van der Waals surface area (Å²) in [7, 11) is 0. The summed E-state index contributed by atoms with van der Waals surface area (Å²) in [4.78, 5) is 36.2. The van der Waals surface area contributed by atoms with E-state index < -0.39 is 0 Å². The molecule has 0 atom stereocenters. The van der Waals surface area contributed by atoms with Gasteiger partial charge in [0.1, 0.15) is 11.6 Å². The van der Waals surface area contributed by atoms with E-state index in [4.69, 9.17) is 4.42 Å². The lowest BCUT2D eigenvalue weighted by atomic mass is 9.93. The molecule has 1 N–H and O–H groups in total. The minimum Gasteiger partial charge on any atom is -0.469 e. The number of anilines is 1. The number of piperidine rings is 1. The Labute approximate surface area is 181 Å². The van der Waals surface area contributed by atoms with Crippen molar-refractivity contribution in [3.05, 3.63) is 76.8 Å². The summed E-state index contributed by atoms with van der Waals surface area (Å²) in [5.74, 6) is 1.41. The number of nitrogens with one attached hydrogen (secondary N) is 1. The highest BCUT2D eigenvalue weighted by Gasteiger charge is 2.26. The molecule has 0 aliphatic carbocycles. The van der Waals surface area contributed by atoms with Gasteiger partial charge in [-0.3, -0.25) is 9.59 Å². The third kappa shape index (κ3) is 4.50. The quantitative estimate of drug-likeness (QED) is 0.684. The van der Waals surface area contributed by atoms with Crippen LogP contribution in [0.4, 0.5) is 5.69 Å². The normalized spacial score (nSPS) is 14.5. The van der Waals surface area contributed by atoms with Gasteiger partial charge >= 0.3 is 0 Å². The number of hydrogen-bond donors (Lipinski definition) is 1. The molecule has 2 amide bonds. The molecule has 1 aliphatic heterocycles. The van der Waals surface area contributed by atoms with Crippen LogP contribution in [0.5, 0.6) is 0 Å². The van der Waals surface area contributed by atoms with Crippen LogP contribution < -0.4 is 5.32 Å². The molecule has 0 unspecified atom stereocenters. The Balaban J connectivity index is 1.44. The van der Waals surface area contributed by atoms with E-state index >= 15 is 0 Å². The van der Waals surface area contributed by atoms with Gasteiger partial charge in [-0.05, 0) is 63.4 Å². The van der Waals surface area contributed by atoms with Crippen molar-refractivity contribution >= 4 is 17.5 Å². The maximum atomic E-state index is 13.1. The Bertz CT molecular complexity index is 1110. The Morgan fingerprint density at radius 3 is 2.55 bits per heavy atom. The lowest BCUT2D eigenvalue weighted by molar-refractivity contribution is 0.0711. The lowest BCUT2D eigenvalue weighted by Crippen LogP contribution is -2.38. The van der Waals surface area contributed by atoms with Gasteiger partial charge in [-0.15, -0.1) is 0 Å². The topological polar surface area (TPSA) is 88.3 Å². The molecule has 3 aromatic rings. The molecule has 0 spiro atoms. The predicted octanol–water partition coefficient (Wildman–Crippen LogP) is 4.27. The van der Waals surface area contributed by atoms with Gasteiger partial charge in [0.25, 0.3) is 11.8 Å². The Hall–Kier alpha value is -3.48. The number of aryl methyl sites for hydroxylation is 3. The lowest BCUT2D eigenvalue weighted by Gasteiger charge is -2.32. The van der Waals surface area contributed by atoms with Crippen LogP contribution in [0.25, 0.3) is 0 Å². The maximum Gasteiger partial charge on any atom is 0.259 e. The van der Waals surface area contributed by atoms with E-state index in [1.165, 1.54) is 6.26 Å². The van der Waals surface area contributed by atoms with Gasteiger partial charge in [0.15, 0.2) is 0 Å². The number of carbonyl (C=O) groups excluding carboxylic acids is 2. The highest BCUT2D eigenvalue weighted by molar-refractivity contribution is 6.06. The smallest absolute Gasteiger partial charge is 0.259 e. The number of carbonyl (C=O) groups is 2. The minimum absolute atomic E-state index is 0.0210. The van der Waals surface area contributed by atoms with Crippen molar-refractivity contribution in [2.45, 2.75) is 39.5 Å². The molecule has 0 bridgehead atoms. The van der Waals surface area contributed by atoms with Crippen LogP contribution in [0.3, 0.4) is 0 Å². The van der Waals surface area contributed by atoms with Crippen molar-refractivity contribution in [3.8, 4) is 0 Å². The second kappa shape index (κ2) is 8.71. The number of nitrogens with zero attached hydrogens (tertiary/aromatic N) is 3. The number of amides is 2. The third-order valence-electron chi connectivity index (χ3n) is 5.83. The van der Waals surface area contributed by atoms with E-state index in [-0.39, 0.29) is 11.8 Å². The van der Waals surface area contributed by atoms with Gasteiger partial charge in [0, 0.05) is 42.1 Å². The van der Waals surface area contributed by atoms with Gasteiger partial charge in [-0.2, -0.15) is 0 Å². The van der Waals surface area contributed by atoms with Gasteiger partial charge in [0.2, 0.25) is 0 Å².